The van der Waals surface area contributed by atoms with Gasteiger partial charge in [-0.05, 0) is 30.4 Å². The minimum Gasteiger partial charge on any atom is -0.481 e. The highest BCUT2D eigenvalue weighted by Crippen LogP contribution is 2.35. The number of carboxylic acids is 1. The van der Waals surface area contributed by atoms with Crippen LogP contribution in [-0.2, 0) is 24.2 Å². The van der Waals surface area contributed by atoms with Gasteiger partial charge in [0.1, 0.15) is 4.83 Å². The van der Waals surface area contributed by atoms with Crippen LogP contribution in [0, 0.1) is 0 Å². The van der Waals surface area contributed by atoms with Crippen molar-refractivity contribution >= 4 is 39.3 Å². The molecule has 1 aromatic carbocycles. The van der Waals surface area contributed by atoms with Crippen molar-refractivity contribution in [2.75, 3.05) is 5.75 Å². The Labute approximate surface area is 152 Å². The molecule has 0 fully saturated rings. The average molecular weight is 372 g/mol. The Morgan fingerprint density at radius 3 is 2.84 bits per heavy atom. The van der Waals surface area contributed by atoms with E-state index >= 15 is 0 Å². The number of nitrogens with zero attached hydrogens (tertiary/aromatic N) is 2. The van der Waals surface area contributed by atoms with E-state index in [2.05, 4.69) is 4.98 Å². The lowest BCUT2D eigenvalue weighted by Crippen LogP contribution is -2.24. The molecule has 1 aliphatic rings. The van der Waals surface area contributed by atoms with Crippen molar-refractivity contribution < 1.29 is 9.90 Å². The number of hydrogen-bond acceptors (Lipinski definition) is 5. The van der Waals surface area contributed by atoms with Gasteiger partial charge in [-0.15, -0.1) is 11.3 Å². The summed E-state index contributed by atoms with van der Waals surface area (Å²) in [5.41, 5.74) is 2.09. The molecule has 5 nitrogen and oxygen atoms in total. The topological polar surface area (TPSA) is 72.2 Å². The average Bonchev–Trinajstić information content (AvgIpc) is 3.17. The lowest BCUT2D eigenvalue weighted by molar-refractivity contribution is -0.133. The van der Waals surface area contributed by atoms with Gasteiger partial charge in [0.05, 0.1) is 17.7 Å². The van der Waals surface area contributed by atoms with Crippen LogP contribution in [0.3, 0.4) is 0 Å². The largest absolute Gasteiger partial charge is 0.481 e. The minimum absolute atomic E-state index is 0.0545. The van der Waals surface area contributed by atoms with Gasteiger partial charge < -0.3 is 5.11 Å². The first kappa shape index (κ1) is 16.4. The van der Waals surface area contributed by atoms with Crippen molar-refractivity contribution in [3.63, 3.8) is 0 Å². The number of carboxylic acid groups (broad SMARTS) is 1. The molecular weight excluding hydrogens is 356 g/mol. The summed E-state index contributed by atoms with van der Waals surface area (Å²) in [4.78, 5) is 30.8. The number of rotatable bonds is 5. The van der Waals surface area contributed by atoms with Crippen LogP contribution in [0.25, 0.3) is 10.2 Å². The minimum atomic E-state index is -0.917. The second-order valence-corrected chi connectivity index (χ2v) is 8.02. The van der Waals surface area contributed by atoms with E-state index in [-0.39, 0.29) is 11.3 Å². The summed E-state index contributed by atoms with van der Waals surface area (Å²) in [6.45, 7) is 0.398. The SMILES string of the molecule is O=C(O)CSc1nc2sc3c(c2c(=O)n1Cc1ccccc1)CCC3. The molecule has 4 rings (SSSR count). The van der Waals surface area contributed by atoms with E-state index < -0.39 is 5.97 Å². The highest BCUT2D eigenvalue weighted by Gasteiger charge is 2.23. The van der Waals surface area contributed by atoms with Gasteiger partial charge in [0, 0.05) is 4.88 Å². The van der Waals surface area contributed by atoms with Gasteiger partial charge in [-0.2, -0.15) is 0 Å². The standard InChI is InChI=1S/C18H16N2O3S2/c21-14(22)10-24-18-19-16-15(12-7-4-8-13(12)25-16)17(23)20(18)9-11-5-2-1-3-6-11/h1-3,5-6H,4,7-10H2,(H,21,22). The Morgan fingerprint density at radius 2 is 2.08 bits per heavy atom. The van der Waals surface area contributed by atoms with Crippen LogP contribution in [0.15, 0.2) is 40.3 Å². The van der Waals surface area contributed by atoms with E-state index in [0.29, 0.717) is 11.7 Å². The summed E-state index contributed by atoms with van der Waals surface area (Å²) in [6, 6.07) is 9.71. The van der Waals surface area contributed by atoms with Gasteiger partial charge in [-0.3, -0.25) is 14.2 Å². The molecule has 2 aromatic heterocycles. The van der Waals surface area contributed by atoms with Gasteiger partial charge in [-0.25, -0.2) is 4.98 Å². The summed E-state index contributed by atoms with van der Waals surface area (Å²) in [6.07, 6.45) is 3.02. The zero-order valence-electron chi connectivity index (χ0n) is 13.4. The third kappa shape index (κ3) is 3.09. The van der Waals surface area contributed by atoms with Crippen molar-refractivity contribution in [3.05, 3.63) is 56.7 Å². The van der Waals surface area contributed by atoms with Crippen LogP contribution >= 0.6 is 23.1 Å². The molecule has 1 N–H and O–H groups in total. The maximum atomic E-state index is 13.2. The van der Waals surface area contributed by atoms with Crippen molar-refractivity contribution in [2.24, 2.45) is 0 Å². The zero-order valence-corrected chi connectivity index (χ0v) is 15.0. The van der Waals surface area contributed by atoms with Crippen LogP contribution < -0.4 is 5.56 Å². The molecule has 0 aliphatic heterocycles. The number of hydrogen-bond donors (Lipinski definition) is 1. The van der Waals surface area contributed by atoms with Crippen molar-refractivity contribution in [1.29, 1.82) is 0 Å². The smallest absolute Gasteiger partial charge is 0.313 e. The number of aliphatic carboxylic acids is 1. The molecule has 25 heavy (non-hydrogen) atoms. The molecule has 1 aliphatic carbocycles. The molecule has 128 valence electrons. The Morgan fingerprint density at radius 1 is 1.28 bits per heavy atom. The fraction of sp³-hybridized carbons (Fsp3) is 0.278. The van der Waals surface area contributed by atoms with Crippen molar-refractivity contribution in [3.8, 4) is 0 Å². The van der Waals surface area contributed by atoms with E-state index in [1.807, 2.05) is 30.3 Å². The van der Waals surface area contributed by atoms with Crippen molar-refractivity contribution in [1.82, 2.24) is 9.55 Å². The summed E-state index contributed by atoms with van der Waals surface area (Å²) in [5.74, 6) is -1.03. The summed E-state index contributed by atoms with van der Waals surface area (Å²) in [7, 11) is 0. The van der Waals surface area contributed by atoms with E-state index in [1.54, 1.807) is 15.9 Å². The first-order valence-electron chi connectivity index (χ1n) is 8.07. The molecule has 0 saturated heterocycles. The quantitative estimate of drug-likeness (QED) is 0.550. The molecule has 0 amide bonds. The second kappa shape index (κ2) is 6.65. The van der Waals surface area contributed by atoms with Gasteiger partial charge in [0.15, 0.2) is 5.16 Å². The lowest BCUT2D eigenvalue weighted by atomic mass is 10.2. The fourth-order valence-corrected chi connectivity index (χ4v) is 5.22. The molecular formula is C18H16N2O3S2. The third-order valence-electron chi connectivity index (χ3n) is 4.30. The number of carbonyl (C=O) groups is 1. The van der Waals surface area contributed by atoms with Crippen LogP contribution in [-0.4, -0.2) is 26.4 Å². The van der Waals surface area contributed by atoms with Gasteiger partial charge in [-0.1, -0.05) is 42.1 Å². The number of benzene rings is 1. The molecule has 0 unspecified atom stereocenters. The Balaban J connectivity index is 1.86. The number of thiophene rings is 1. The van der Waals surface area contributed by atoms with Gasteiger partial charge in [0.2, 0.25) is 0 Å². The zero-order chi connectivity index (χ0) is 17.4. The highest BCUT2D eigenvalue weighted by atomic mass is 32.2. The lowest BCUT2D eigenvalue weighted by Gasteiger charge is -2.12. The number of thioether (sulfide) groups is 1. The molecule has 2 heterocycles. The maximum absolute atomic E-state index is 13.2. The normalized spacial score (nSPS) is 13.3. The number of aryl methyl sites for hydroxylation is 2. The maximum Gasteiger partial charge on any atom is 0.313 e. The van der Waals surface area contributed by atoms with E-state index in [0.717, 1.165) is 52.4 Å². The number of fused-ring (bicyclic) bond motifs is 3. The highest BCUT2D eigenvalue weighted by molar-refractivity contribution is 7.99. The Hall–Kier alpha value is -2.12. The predicted molar refractivity (Wildman–Crippen MR) is 99.8 cm³/mol. The fourth-order valence-electron chi connectivity index (χ4n) is 3.20. The van der Waals surface area contributed by atoms with Crippen LogP contribution in [0.1, 0.15) is 22.4 Å². The molecule has 0 bridgehead atoms. The van der Waals surface area contributed by atoms with Gasteiger partial charge in [0.25, 0.3) is 5.56 Å². The monoisotopic (exact) mass is 372 g/mol. The predicted octanol–water partition coefficient (Wildman–Crippen LogP) is 3.17. The van der Waals surface area contributed by atoms with Crippen LogP contribution in [0.5, 0.6) is 0 Å². The van der Waals surface area contributed by atoms with Crippen LogP contribution in [0.4, 0.5) is 0 Å². The molecule has 0 saturated carbocycles. The number of aromatic nitrogens is 2. The second-order valence-electron chi connectivity index (χ2n) is 5.99. The van der Waals surface area contributed by atoms with E-state index in [1.165, 1.54) is 4.88 Å². The molecule has 0 spiro atoms. The summed E-state index contributed by atoms with van der Waals surface area (Å²) in [5, 5.41) is 10.2. The Bertz CT molecular complexity index is 1010. The van der Waals surface area contributed by atoms with E-state index in [4.69, 9.17) is 5.11 Å². The summed E-state index contributed by atoms with van der Waals surface area (Å²) < 4.78 is 1.62. The van der Waals surface area contributed by atoms with Crippen molar-refractivity contribution in [2.45, 2.75) is 31.0 Å². The molecule has 0 atom stereocenters. The van der Waals surface area contributed by atoms with Crippen LogP contribution in [0.2, 0.25) is 0 Å². The third-order valence-corrected chi connectivity index (χ3v) is 6.44. The van der Waals surface area contributed by atoms with Gasteiger partial charge >= 0.3 is 5.97 Å². The van der Waals surface area contributed by atoms with E-state index in [9.17, 15) is 9.59 Å². The molecule has 7 heteroatoms. The first-order valence-corrected chi connectivity index (χ1v) is 9.87. The first-order chi connectivity index (χ1) is 12.1. The Kier molecular flexibility index (Phi) is 4.35. The molecule has 3 aromatic rings. The molecule has 0 radical (unpaired) electrons. The summed E-state index contributed by atoms with van der Waals surface area (Å²) >= 11 is 2.68.